The van der Waals surface area contributed by atoms with Crippen LogP contribution in [0.15, 0.2) is 60.4 Å². The van der Waals surface area contributed by atoms with Crippen molar-refractivity contribution in [2.75, 3.05) is 18.9 Å². The third-order valence-corrected chi connectivity index (χ3v) is 3.17. The molecule has 0 fully saturated rings. The summed E-state index contributed by atoms with van der Waals surface area (Å²) >= 11 is 0. The van der Waals surface area contributed by atoms with Crippen LogP contribution in [0.5, 0.6) is 0 Å². The molecule has 0 radical (unpaired) electrons. The SMILES string of the molecule is C=CCNC(=NC)NCc1cccc(NC(=O)Cn2cccn2)c1. The van der Waals surface area contributed by atoms with E-state index < -0.39 is 0 Å². The number of nitrogens with one attached hydrogen (secondary N) is 3. The van der Waals surface area contributed by atoms with Crippen LogP contribution in [0.3, 0.4) is 0 Å². The number of nitrogens with zero attached hydrogens (tertiary/aromatic N) is 3. The van der Waals surface area contributed by atoms with E-state index in [1.807, 2.05) is 24.3 Å². The number of aliphatic imine (C=N–C) groups is 1. The summed E-state index contributed by atoms with van der Waals surface area (Å²) in [5, 5.41) is 13.2. The number of carbonyl (C=O) groups is 1. The fraction of sp³-hybridized carbons (Fsp3) is 0.235. The van der Waals surface area contributed by atoms with E-state index in [9.17, 15) is 4.79 Å². The molecule has 0 saturated carbocycles. The molecule has 0 bridgehead atoms. The lowest BCUT2D eigenvalue weighted by molar-refractivity contribution is -0.116. The average Bonchev–Trinajstić information content (AvgIpc) is 3.08. The van der Waals surface area contributed by atoms with Gasteiger partial charge in [0.25, 0.3) is 0 Å². The fourth-order valence-corrected chi connectivity index (χ4v) is 2.08. The molecule has 1 heterocycles. The van der Waals surface area contributed by atoms with Crippen LogP contribution in [0.1, 0.15) is 5.56 Å². The van der Waals surface area contributed by atoms with Gasteiger partial charge in [-0.3, -0.25) is 14.5 Å². The molecule has 0 aliphatic heterocycles. The van der Waals surface area contributed by atoms with Crippen LogP contribution in [0, 0.1) is 0 Å². The first kappa shape index (κ1) is 17.3. The molecule has 1 aromatic carbocycles. The molecular weight excluding hydrogens is 304 g/mol. The minimum atomic E-state index is -0.118. The number of carbonyl (C=O) groups excluding carboxylic acids is 1. The van der Waals surface area contributed by atoms with Gasteiger partial charge in [-0.2, -0.15) is 5.10 Å². The van der Waals surface area contributed by atoms with Gasteiger partial charge in [0.2, 0.25) is 5.91 Å². The maximum Gasteiger partial charge on any atom is 0.246 e. The Bertz CT molecular complexity index is 693. The molecule has 2 aromatic rings. The molecule has 0 unspecified atom stereocenters. The molecule has 126 valence electrons. The summed E-state index contributed by atoms with van der Waals surface area (Å²) in [5.41, 5.74) is 1.79. The van der Waals surface area contributed by atoms with Crippen molar-refractivity contribution in [1.29, 1.82) is 0 Å². The number of aromatic nitrogens is 2. The summed E-state index contributed by atoms with van der Waals surface area (Å²) in [5.74, 6) is 0.579. The van der Waals surface area contributed by atoms with Crippen LogP contribution in [0.2, 0.25) is 0 Å². The van der Waals surface area contributed by atoms with E-state index in [1.54, 1.807) is 36.3 Å². The van der Waals surface area contributed by atoms with Gasteiger partial charge in [0.05, 0.1) is 0 Å². The lowest BCUT2D eigenvalue weighted by atomic mass is 10.2. The molecule has 2 rings (SSSR count). The summed E-state index contributed by atoms with van der Waals surface area (Å²) in [6.07, 6.45) is 5.16. The second-order valence-electron chi connectivity index (χ2n) is 5.05. The van der Waals surface area contributed by atoms with Crippen molar-refractivity contribution in [3.05, 3.63) is 60.9 Å². The van der Waals surface area contributed by atoms with E-state index in [4.69, 9.17) is 0 Å². The third-order valence-electron chi connectivity index (χ3n) is 3.17. The Balaban J connectivity index is 1.88. The van der Waals surface area contributed by atoms with E-state index in [2.05, 4.69) is 32.6 Å². The number of hydrogen-bond acceptors (Lipinski definition) is 3. The molecule has 0 saturated heterocycles. The molecule has 7 nitrogen and oxygen atoms in total. The minimum Gasteiger partial charge on any atom is -0.353 e. The summed E-state index contributed by atoms with van der Waals surface area (Å²) in [6, 6.07) is 9.45. The van der Waals surface area contributed by atoms with E-state index in [-0.39, 0.29) is 12.5 Å². The maximum atomic E-state index is 12.0. The zero-order valence-electron chi connectivity index (χ0n) is 13.7. The molecule has 0 aliphatic carbocycles. The number of rotatable bonds is 7. The number of amides is 1. The highest BCUT2D eigenvalue weighted by Crippen LogP contribution is 2.10. The summed E-state index contributed by atoms with van der Waals surface area (Å²) in [4.78, 5) is 16.1. The summed E-state index contributed by atoms with van der Waals surface area (Å²) < 4.78 is 1.58. The highest BCUT2D eigenvalue weighted by atomic mass is 16.2. The fourth-order valence-electron chi connectivity index (χ4n) is 2.08. The van der Waals surface area contributed by atoms with Gasteiger partial charge < -0.3 is 16.0 Å². The summed E-state index contributed by atoms with van der Waals surface area (Å²) in [6.45, 7) is 5.09. The Kier molecular flexibility index (Phi) is 6.58. The first-order valence-corrected chi connectivity index (χ1v) is 7.63. The zero-order valence-corrected chi connectivity index (χ0v) is 13.7. The molecule has 0 aliphatic rings. The van der Waals surface area contributed by atoms with Crippen molar-refractivity contribution in [2.24, 2.45) is 4.99 Å². The summed E-state index contributed by atoms with van der Waals surface area (Å²) in [7, 11) is 1.71. The van der Waals surface area contributed by atoms with Crippen LogP contribution in [-0.4, -0.2) is 35.2 Å². The number of anilines is 1. The zero-order chi connectivity index (χ0) is 17.2. The lowest BCUT2D eigenvalue weighted by Crippen LogP contribution is -2.36. The molecule has 24 heavy (non-hydrogen) atoms. The maximum absolute atomic E-state index is 12.0. The number of benzene rings is 1. The second-order valence-corrected chi connectivity index (χ2v) is 5.05. The third kappa shape index (κ3) is 5.60. The van der Waals surface area contributed by atoms with Crippen molar-refractivity contribution < 1.29 is 4.79 Å². The van der Waals surface area contributed by atoms with Crippen LogP contribution in [-0.2, 0) is 17.9 Å². The second kappa shape index (κ2) is 9.14. The first-order chi connectivity index (χ1) is 11.7. The number of guanidine groups is 1. The smallest absolute Gasteiger partial charge is 0.246 e. The van der Waals surface area contributed by atoms with Crippen LogP contribution >= 0.6 is 0 Å². The Morgan fingerprint density at radius 1 is 1.38 bits per heavy atom. The van der Waals surface area contributed by atoms with E-state index in [0.717, 1.165) is 11.3 Å². The van der Waals surface area contributed by atoms with E-state index >= 15 is 0 Å². The quantitative estimate of drug-likeness (QED) is 0.408. The molecule has 7 heteroatoms. The monoisotopic (exact) mass is 326 g/mol. The molecule has 0 spiro atoms. The van der Waals surface area contributed by atoms with E-state index in [0.29, 0.717) is 19.0 Å². The van der Waals surface area contributed by atoms with Gasteiger partial charge in [0.15, 0.2) is 5.96 Å². The Labute approximate surface area is 141 Å². The van der Waals surface area contributed by atoms with Crippen LogP contribution in [0.25, 0.3) is 0 Å². The van der Waals surface area contributed by atoms with Crippen LogP contribution in [0.4, 0.5) is 5.69 Å². The standard InChI is InChI=1S/C17H22N6O/c1-3-8-19-17(18-2)20-12-14-6-4-7-15(11-14)22-16(24)13-23-10-5-9-21-23/h3-7,9-11H,1,8,12-13H2,2H3,(H,22,24)(H2,18,19,20). The number of hydrogen-bond donors (Lipinski definition) is 3. The predicted molar refractivity (Wildman–Crippen MR) is 95.7 cm³/mol. The van der Waals surface area contributed by atoms with Gasteiger partial charge in [0, 0.05) is 38.2 Å². The minimum absolute atomic E-state index is 0.118. The van der Waals surface area contributed by atoms with Gasteiger partial charge in [-0.1, -0.05) is 18.2 Å². The van der Waals surface area contributed by atoms with Crippen molar-refractivity contribution in [3.8, 4) is 0 Å². The molecule has 0 atom stereocenters. The average molecular weight is 326 g/mol. The first-order valence-electron chi connectivity index (χ1n) is 7.63. The normalized spacial score (nSPS) is 11.0. The topological polar surface area (TPSA) is 83.3 Å². The highest BCUT2D eigenvalue weighted by Gasteiger charge is 2.04. The molecular formula is C17H22N6O. The Morgan fingerprint density at radius 2 is 2.25 bits per heavy atom. The highest BCUT2D eigenvalue weighted by molar-refractivity contribution is 5.90. The van der Waals surface area contributed by atoms with E-state index in [1.165, 1.54) is 0 Å². The molecule has 3 N–H and O–H groups in total. The van der Waals surface area contributed by atoms with Gasteiger partial charge in [-0.15, -0.1) is 6.58 Å². The van der Waals surface area contributed by atoms with Crippen LogP contribution < -0.4 is 16.0 Å². The Morgan fingerprint density at radius 3 is 2.96 bits per heavy atom. The Hall–Kier alpha value is -3.09. The van der Waals surface area contributed by atoms with Crippen molar-refractivity contribution in [3.63, 3.8) is 0 Å². The lowest BCUT2D eigenvalue weighted by Gasteiger charge is -2.11. The predicted octanol–water partition coefficient (Wildman–Crippen LogP) is 1.37. The van der Waals surface area contributed by atoms with Gasteiger partial charge in [0.1, 0.15) is 6.54 Å². The van der Waals surface area contributed by atoms with Gasteiger partial charge in [-0.05, 0) is 23.8 Å². The van der Waals surface area contributed by atoms with Crippen molar-refractivity contribution in [1.82, 2.24) is 20.4 Å². The molecule has 1 amide bonds. The van der Waals surface area contributed by atoms with Crippen molar-refractivity contribution >= 4 is 17.6 Å². The molecule has 1 aromatic heterocycles. The van der Waals surface area contributed by atoms with Gasteiger partial charge >= 0.3 is 0 Å². The largest absolute Gasteiger partial charge is 0.353 e. The van der Waals surface area contributed by atoms with Gasteiger partial charge in [-0.25, -0.2) is 0 Å². The van der Waals surface area contributed by atoms with Crippen molar-refractivity contribution in [2.45, 2.75) is 13.1 Å².